The van der Waals surface area contributed by atoms with E-state index in [9.17, 15) is 18.0 Å². The lowest BCUT2D eigenvalue weighted by atomic mass is 10.1. The summed E-state index contributed by atoms with van der Waals surface area (Å²) < 4.78 is 46.9. The van der Waals surface area contributed by atoms with Crippen molar-refractivity contribution >= 4 is 5.91 Å². The Morgan fingerprint density at radius 2 is 1.79 bits per heavy atom. The molecule has 0 saturated heterocycles. The van der Waals surface area contributed by atoms with Gasteiger partial charge in [-0.25, -0.2) is 4.39 Å². The van der Waals surface area contributed by atoms with Crippen LogP contribution in [-0.2, 0) is 0 Å². The maximum Gasteiger partial charge on any atom is 0.387 e. The minimum absolute atomic E-state index is 0.0353. The third kappa shape index (κ3) is 4.41. The summed E-state index contributed by atoms with van der Waals surface area (Å²) in [5.41, 5.74) is 0.844. The van der Waals surface area contributed by atoms with Gasteiger partial charge < -0.3 is 14.8 Å². The van der Waals surface area contributed by atoms with Crippen LogP contribution in [0.25, 0.3) is 0 Å². The second-order valence-corrected chi connectivity index (χ2v) is 4.99. The molecule has 0 aliphatic carbocycles. The van der Waals surface area contributed by atoms with Crippen LogP contribution in [0.15, 0.2) is 42.5 Å². The van der Waals surface area contributed by atoms with Crippen molar-refractivity contribution in [2.45, 2.75) is 19.6 Å². The molecule has 0 aromatic heterocycles. The Hall–Kier alpha value is -2.70. The predicted octanol–water partition coefficient (Wildman–Crippen LogP) is 3.93. The summed E-state index contributed by atoms with van der Waals surface area (Å²) in [5.74, 6) is -0.856. The minimum atomic E-state index is -2.92. The molecule has 0 aliphatic rings. The molecule has 0 bridgehead atoms. The number of ether oxygens (including phenoxy) is 2. The van der Waals surface area contributed by atoms with Crippen molar-refractivity contribution in [3.63, 3.8) is 0 Å². The van der Waals surface area contributed by atoms with Gasteiger partial charge in [-0.05, 0) is 48.9 Å². The minimum Gasteiger partial charge on any atom is -0.494 e. The molecule has 0 saturated carbocycles. The van der Waals surface area contributed by atoms with E-state index < -0.39 is 24.4 Å². The molecule has 0 spiro atoms. The number of hydrogen-bond acceptors (Lipinski definition) is 3. The van der Waals surface area contributed by atoms with E-state index in [4.69, 9.17) is 4.74 Å². The highest BCUT2D eigenvalue weighted by molar-refractivity contribution is 5.94. The molecule has 4 nitrogen and oxygen atoms in total. The molecule has 7 heteroatoms. The molecule has 1 unspecified atom stereocenters. The Kier molecular flexibility index (Phi) is 5.68. The second-order valence-electron chi connectivity index (χ2n) is 4.99. The van der Waals surface area contributed by atoms with Gasteiger partial charge in [0.15, 0.2) is 11.6 Å². The Bertz CT molecular complexity index is 705. The topological polar surface area (TPSA) is 47.6 Å². The largest absolute Gasteiger partial charge is 0.494 e. The number of hydrogen-bond donors (Lipinski definition) is 1. The number of nitrogens with one attached hydrogen (secondary N) is 1. The summed E-state index contributed by atoms with van der Waals surface area (Å²) >= 11 is 0. The van der Waals surface area contributed by atoms with Crippen molar-refractivity contribution in [3.8, 4) is 11.5 Å². The van der Waals surface area contributed by atoms with E-state index >= 15 is 0 Å². The summed E-state index contributed by atoms with van der Waals surface area (Å²) in [4.78, 5) is 12.2. The van der Waals surface area contributed by atoms with Crippen molar-refractivity contribution in [2.24, 2.45) is 0 Å². The summed E-state index contributed by atoms with van der Waals surface area (Å²) in [6.45, 7) is -1.22. The summed E-state index contributed by atoms with van der Waals surface area (Å²) in [6, 6.07) is 9.25. The fraction of sp³-hybridized carbons (Fsp3) is 0.235. The molecule has 0 aliphatic heterocycles. The van der Waals surface area contributed by atoms with Crippen LogP contribution in [0, 0.1) is 5.82 Å². The normalized spacial score (nSPS) is 11.9. The fourth-order valence-corrected chi connectivity index (χ4v) is 2.10. The lowest BCUT2D eigenvalue weighted by Gasteiger charge is -2.15. The van der Waals surface area contributed by atoms with Gasteiger partial charge in [0.05, 0.1) is 13.2 Å². The molecule has 0 radical (unpaired) electrons. The number of methoxy groups -OCH3 is 1. The zero-order chi connectivity index (χ0) is 17.7. The third-order valence-electron chi connectivity index (χ3n) is 3.37. The molecule has 1 amide bonds. The molecular weight excluding hydrogens is 323 g/mol. The Balaban J connectivity index is 2.04. The quantitative estimate of drug-likeness (QED) is 0.867. The van der Waals surface area contributed by atoms with Gasteiger partial charge in [0.2, 0.25) is 0 Å². The van der Waals surface area contributed by atoms with Crippen LogP contribution in [0.3, 0.4) is 0 Å². The van der Waals surface area contributed by atoms with Crippen LogP contribution >= 0.6 is 0 Å². The van der Waals surface area contributed by atoms with E-state index in [1.54, 1.807) is 13.0 Å². The first-order valence-corrected chi connectivity index (χ1v) is 7.10. The van der Waals surface area contributed by atoms with Crippen LogP contribution in [0.1, 0.15) is 28.9 Å². The van der Waals surface area contributed by atoms with Crippen molar-refractivity contribution < 1.29 is 27.4 Å². The van der Waals surface area contributed by atoms with Gasteiger partial charge in [0.1, 0.15) is 5.75 Å². The number of alkyl halides is 2. The average Bonchev–Trinajstić information content (AvgIpc) is 2.54. The molecule has 2 aromatic rings. The molecule has 0 heterocycles. The molecular formula is C17H16F3NO3. The van der Waals surface area contributed by atoms with E-state index in [1.807, 2.05) is 0 Å². The molecule has 1 N–H and O–H groups in total. The Morgan fingerprint density at radius 1 is 1.12 bits per heavy atom. The van der Waals surface area contributed by atoms with Crippen LogP contribution in [0.5, 0.6) is 11.5 Å². The molecule has 2 rings (SSSR count). The van der Waals surface area contributed by atoms with Gasteiger partial charge in [-0.1, -0.05) is 6.07 Å². The molecule has 0 fully saturated rings. The maximum absolute atomic E-state index is 13.7. The average molecular weight is 339 g/mol. The smallest absolute Gasteiger partial charge is 0.387 e. The van der Waals surface area contributed by atoms with Gasteiger partial charge >= 0.3 is 6.61 Å². The summed E-state index contributed by atoms with van der Waals surface area (Å²) in [6.07, 6.45) is 0. The molecule has 128 valence electrons. The predicted molar refractivity (Wildman–Crippen MR) is 81.9 cm³/mol. The highest BCUT2D eigenvalue weighted by Gasteiger charge is 2.14. The zero-order valence-corrected chi connectivity index (χ0v) is 13.1. The van der Waals surface area contributed by atoms with Crippen LogP contribution in [-0.4, -0.2) is 19.6 Å². The van der Waals surface area contributed by atoms with Gasteiger partial charge in [0.25, 0.3) is 5.91 Å². The Labute approximate surface area is 137 Å². The summed E-state index contributed by atoms with van der Waals surface area (Å²) in [5, 5.41) is 2.70. The van der Waals surface area contributed by atoms with E-state index in [-0.39, 0.29) is 17.1 Å². The van der Waals surface area contributed by atoms with Crippen LogP contribution in [0.4, 0.5) is 13.2 Å². The second kappa shape index (κ2) is 7.72. The van der Waals surface area contributed by atoms with Crippen molar-refractivity contribution in [1.82, 2.24) is 5.32 Å². The standard InChI is InChI=1S/C17H16F3NO3/c1-10(12-5-8-15(23-2)14(18)9-12)21-16(22)11-3-6-13(7-4-11)24-17(19)20/h3-10,17H,1-2H3,(H,21,22). The highest BCUT2D eigenvalue weighted by Crippen LogP contribution is 2.22. The first kappa shape index (κ1) is 17.7. The van der Waals surface area contributed by atoms with Gasteiger partial charge in [-0.2, -0.15) is 8.78 Å². The third-order valence-corrected chi connectivity index (χ3v) is 3.37. The Morgan fingerprint density at radius 3 is 2.33 bits per heavy atom. The van der Waals surface area contributed by atoms with Crippen LogP contribution in [0.2, 0.25) is 0 Å². The van der Waals surface area contributed by atoms with E-state index in [2.05, 4.69) is 10.1 Å². The van der Waals surface area contributed by atoms with Gasteiger partial charge in [-0.3, -0.25) is 4.79 Å². The van der Waals surface area contributed by atoms with E-state index in [0.29, 0.717) is 5.56 Å². The first-order chi connectivity index (χ1) is 11.4. The fourth-order valence-electron chi connectivity index (χ4n) is 2.10. The number of carbonyl (C=O) groups is 1. The van der Waals surface area contributed by atoms with E-state index in [0.717, 1.165) is 0 Å². The van der Waals surface area contributed by atoms with Crippen molar-refractivity contribution in [1.29, 1.82) is 0 Å². The molecule has 1 atom stereocenters. The van der Waals surface area contributed by atoms with E-state index in [1.165, 1.54) is 43.5 Å². The lowest BCUT2D eigenvalue weighted by Crippen LogP contribution is -2.26. The summed E-state index contributed by atoms with van der Waals surface area (Å²) in [7, 11) is 1.37. The number of carbonyl (C=O) groups excluding carboxylic acids is 1. The van der Waals surface area contributed by atoms with Crippen LogP contribution < -0.4 is 14.8 Å². The number of rotatable bonds is 6. The molecule has 24 heavy (non-hydrogen) atoms. The maximum atomic E-state index is 13.7. The van der Waals surface area contributed by atoms with Crippen molar-refractivity contribution in [2.75, 3.05) is 7.11 Å². The first-order valence-electron chi connectivity index (χ1n) is 7.10. The van der Waals surface area contributed by atoms with Gasteiger partial charge in [-0.15, -0.1) is 0 Å². The molecule has 2 aromatic carbocycles. The van der Waals surface area contributed by atoms with Crippen molar-refractivity contribution in [3.05, 3.63) is 59.4 Å². The zero-order valence-electron chi connectivity index (χ0n) is 13.1. The monoisotopic (exact) mass is 339 g/mol. The lowest BCUT2D eigenvalue weighted by molar-refractivity contribution is -0.0498. The van der Waals surface area contributed by atoms with Gasteiger partial charge in [0, 0.05) is 5.56 Å². The number of amides is 1. The number of benzene rings is 2. The SMILES string of the molecule is COc1ccc(C(C)NC(=O)c2ccc(OC(F)F)cc2)cc1F. The highest BCUT2D eigenvalue weighted by atomic mass is 19.3. The number of halogens is 3.